The van der Waals surface area contributed by atoms with E-state index in [1.54, 1.807) is 11.3 Å². The molecule has 1 aromatic heterocycles. The molecule has 0 bridgehead atoms. The molecule has 4 heteroatoms. The Morgan fingerprint density at radius 1 is 1.37 bits per heavy atom. The van der Waals surface area contributed by atoms with E-state index < -0.39 is 0 Å². The number of ether oxygens (including phenoxy) is 1. The van der Waals surface area contributed by atoms with Crippen molar-refractivity contribution in [2.24, 2.45) is 11.8 Å². The maximum absolute atomic E-state index is 12.7. The minimum Gasteiger partial charge on any atom is -0.493 e. The van der Waals surface area contributed by atoms with E-state index in [9.17, 15) is 4.79 Å². The van der Waals surface area contributed by atoms with E-state index in [1.807, 2.05) is 11.4 Å². The SMILES string of the molecule is CCCOc1cc(C)c2c(c1C)CC([C@H](C)C(=O)NCc1cccs1)CC2. The van der Waals surface area contributed by atoms with Crippen molar-refractivity contribution in [1.29, 1.82) is 0 Å². The summed E-state index contributed by atoms with van der Waals surface area (Å²) in [6, 6.07) is 6.29. The van der Waals surface area contributed by atoms with E-state index in [-0.39, 0.29) is 11.8 Å². The van der Waals surface area contributed by atoms with Gasteiger partial charge in [0.15, 0.2) is 0 Å². The van der Waals surface area contributed by atoms with Crippen LogP contribution in [0.1, 0.15) is 53.8 Å². The number of fused-ring (bicyclic) bond motifs is 1. The number of carbonyl (C=O) groups excluding carboxylic acids is 1. The molecule has 2 atom stereocenters. The summed E-state index contributed by atoms with van der Waals surface area (Å²) in [4.78, 5) is 13.9. The lowest BCUT2D eigenvalue weighted by molar-refractivity contribution is -0.126. The molecular formula is C23H31NO2S. The minimum atomic E-state index is 0.0260. The quantitative estimate of drug-likeness (QED) is 0.710. The van der Waals surface area contributed by atoms with Crippen molar-refractivity contribution in [3.05, 3.63) is 50.7 Å². The molecule has 0 spiro atoms. The standard InChI is InChI=1S/C23H31NO2S/c1-5-10-26-22-12-15(2)20-9-8-18(13-21(20)17(22)4)16(3)23(25)24-14-19-7-6-11-27-19/h6-7,11-12,16,18H,5,8-10,13-14H2,1-4H3,(H,24,25)/t16-,18?/m0/s1. The molecule has 1 amide bonds. The monoisotopic (exact) mass is 385 g/mol. The highest BCUT2D eigenvalue weighted by molar-refractivity contribution is 7.09. The van der Waals surface area contributed by atoms with E-state index >= 15 is 0 Å². The van der Waals surface area contributed by atoms with Gasteiger partial charge >= 0.3 is 0 Å². The minimum absolute atomic E-state index is 0.0260. The van der Waals surface area contributed by atoms with Gasteiger partial charge < -0.3 is 10.1 Å². The summed E-state index contributed by atoms with van der Waals surface area (Å²) >= 11 is 1.69. The van der Waals surface area contributed by atoms with Crippen LogP contribution in [-0.4, -0.2) is 12.5 Å². The van der Waals surface area contributed by atoms with Crippen molar-refractivity contribution in [2.75, 3.05) is 6.61 Å². The second-order valence-corrected chi connectivity index (χ2v) is 8.74. The molecule has 146 valence electrons. The Bertz CT molecular complexity index is 782. The van der Waals surface area contributed by atoms with E-state index in [0.717, 1.165) is 38.0 Å². The molecule has 1 aliphatic carbocycles. The maximum atomic E-state index is 12.7. The molecular weight excluding hydrogens is 354 g/mol. The summed E-state index contributed by atoms with van der Waals surface area (Å²) in [6.45, 7) is 9.97. The number of aryl methyl sites for hydroxylation is 1. The number of thiophene rings is 1. The number of benzene rings is 1. The zero-order valence-electron chi connectivity index (χ0n) is 16.9. The number of nitrogens with one attached hydrogen (secondary N) is 1. The Morgan fingerprint density at radius 2 is 2.19 bits per heavy atom. The van der Waals surface area contributed by atoms with Crippen LogP contribution in [0, 0.1) is 25.7 Å². The van der Waals surface area contributed by atoms with Crippen molar-refractivity contribution >= 4 is 17.2 Å². The lowest BCUT2D eigenvalue weighted by Crippen LogP contribution is -2.35. The predicted molar refractivity (Wildman–Crippen MR) is 113 cm³/mol. The molecule has 27 heavy (non-hydrogen) atoms. The van der Waals surface area contributed by atoms with Gasteiger partial charge in [-0.05, 0) is 85.2 Å². The average molecular weight is 386 g/mol. The first-order valence-corrected chi connectivity index (χ1v) is 10.9. The van der Waals surface area contributed by atoms with Crippen LogP contribution in [0.2, 0.25) is 0 Å². The van der Waals surface area contributed by atoms with Crippen molar-refractivity contribution in [1.82, 2.24) is 5.32 Å². The summed E-state index contributed by atoms with van der Waals surface area (Å²) in [6.07, 6.45) is 4.12. The largest absolute Gasteiger partial charge is 0.493 e. The predicted octanol–water partition coefficient (Wildman–Crippen LogP) is 5.21. The van der Waals surface area contributed by atoms with Gasteiger partial charge in [-0.15, -0.1) is 11.3 Å². The lowest BCUT2D eigenvalue weighted by atomic mass is 9.74. The van der Waals surface area contributed by atoms with Gasteiger partial charge in [-0.3, -0.25) is 4.79 Å². The molecule has 0 radical (unpaired) electrons. The second-order valence-electron chi connectivity index (χ2n) is 7.71. The van der Waals surface area contributed by atoms with Crippen molar-refractivity contribution in [3.8, 4) is 5.75 Å². The fraction of sp³-hybridized carbons (Fsp3) is 0.522. The third-order valence-electron chi connectivity index (χ3n) is 5.84. The molecule has 0 saturated carbocycles. The molecule has 0 saturated heterocycles. The normalized spacial score (nSPS) is 17.3. The van der Waals surface area contributed by atoms with E-state index in [1.165, 1.54) is 27.1 Å². The van der Waals surface area contributed by atoms with Gasteiger partial charge in [-0.25, -0.2) is 0 Å². The first-order chi connectivity index (χ1) is 13.0. The topological polar surface area (TPSA) is 38.3 Å². The molecule has 1 aliphatic rings. The van der Waals surface area contributed by atoms with Gasteiger partial charge in [0, 0.05) is 10.8 Å². The first kappa shape index (κ1) is 19.9. The van der Waals surface area contributed by atoms with E-state index in [2.05, 4.69) is 45.1 Å². The van der Waals surface area contributed by atoms with E-state index in [4.69, 9.17) is 4.74 Å². The van der Waals surface area contributed by atoms with Crippen LogP contribution >= 0.6 is 11.3 Å². The van der Waals surface area contributed by atoms with Crippen molar-refractivity contribution in [2.45, 2.75) is 59.9 Å². The smallest absolute Gasteiger partial charge is 0.223 e. The van der Waals surface area contributed by atoms with Crippen LogP contribution < -0.4 is 10.1 Å². The fourth-order valence-electron chi connectivity index (χ4n) is 4.07. The number of hydrogen-bond acceptors (Lipinski definition) is 3. The van der Waals surface area contributed by atoms with Gasteiger partial charge in [-0.2, -0.15) is 0 Å². The molecule has 1 aromatic carbocycles. The Morgan fingerprint density at radius 3 is 2.89 bits per heavy atom. The highest BCUT2D eigenvalue weighted by Crippen LogP contribution is 2.37. The van der Waals surface area contributed by atoms with Crippen LogP contribution in [0.15, 0.2) is 23.6 Å². The molecule has 0 aliphatic heterocycles. The van der Waals surface area contributed by atoms with Gasteiger partial charge in [-0.1, -0.05) is 19.9 Å². The number of rotatable bonds is 7. The van der Waals surface area contributed by atoms with Gasteiger partial charge in [0.2, 0.25) is 5.91 Å². The number of amides is 1. The zero-order chi connectivity index (χ0) is 19.4. The van der Waals surface area contributed by atoms with Gasteiger partial charge in [0.25, 0.3) is 0 Å². The van der Waals surface area contributed by atoms with Crippen LogP contribution in [0.3, 0.4) is 0 Å². The third kappa shape index (κ3) is 4.55. The van der Waals surface area contributed by atoms with Crippen molar-refractivity contribution in [3.63, 3.8) is 0 Å². The molecule has 2 aromatic rings. The van der Waals surface area contributed by atoms with Gasteiger partial charge in [0.05, 0.1) is 13.2 Å². The Balaban J connectivity index is 1.70. The summed E-state index contributed by atoms with van der Waals surface area (Å²) in [7, 11) is 0. The van der Waals surface area contributed by atoms with Crippen LogP contribution in [-0.2, 0) is 24.2 Å². The molecule has 1 heterocycles. The fourth-order valence-corrected chi connectivity index (χ4v) is 4.72. The number of hydrogen-bond donors (Lipinski definition) is 1. The maximum Gasteiger partial charge on any atom is 0.223 e. The van der Waals surface area contributed by atoms with Crippen molar-refractivity contribution < 1.29 is 9.53 Å². The first-order valence-electron chi connectivity index (χ1n) is 10.1. The van der Waals surface area contributed by atoms with Crippen LogP contribution in [0.4, 0.5) is 0 Å². The molecule has 1 N–H and O–H groups in total. The zero-order valence-corrected chi connectivity index (χ0v) is 17.7. The molecule has 1 unspecified atom stereocenters. The highest BCUT2D eigenvalue weighted by atomic mass is 32.1. The molecule has 3 nitrogen and oxygen atoms in total. The van der Waals surface area contributed by atoms with Gasteiger partial charge in [0.1, 0.15) is 5.75 Å². The Kier molecular flexibility index (Phi) is 6.59. The number of carbonyl (C=O) groups is 1. The lowest BCUT2D eigenvalue weighted by Gasteiger charge is -2.31. The Labute approximate surface area is 167 Å². The summed E-state index contributed by atoms with van der Waals surface area (Å²) in [5.41, 5.74) is 5.48. The summed E-state index contributed by atoms with van der Waals surface area (Å²) in [5, 5.41) is 5.17. The summed E-state index contributed by atoms with van der Waals surface area (Å²) in [5.74, 6) is 1.60. The summed E-state index contributed by atoms with van der Waals surface area (Å²) < 4.78 is 5.98. The van der Waals surface area contributed by atoms with Crippen LogP contribution in [0.5, 0.6) is 5.75 Å². The van der Waals surface area contributed by atoms with Crippen LogP contribution in [0.25, 0.3) is 0 Å². The molecule has 0 fully saturated rings. The second kappa shape index (κ2) is 8.92. The average Bonchev–Trinajstić information content (AvgIpc) is 3.20. The van der Waals surface area contributed by atoms with E-state index in [0.29, 0.717) is 12.5 Å². The third-order valence-corrected chi connectivity index (χ3v) is 6.72. The Hall–Kier alpha value is -1.81. The highest BCUT2D eigenvalue weighted by Gasteiger charge is 2.30. The molecule has 3 rings (SSSR count).